The maximum absolute atomic E-state index is 12.9. The fourth-order valence-electron chi connectivity index (χ4n) is 3.06. The normalized spacial score (nSPS) is 16.1. The highest BCUT2D eigenvalue weighted by Gasteiger charge is 2.33. The van der Waals surface area contributed by atoms with Crippen LogP contribution in [0.15, 0.2) is 59.8 Å². The molecule has 28 heavy (non-hydrogen) atoms. The van der Waals surface area contributed by atoms with Gasteiger partial charge in [0.25, 0.3) is 0 Å². The molecule has 2 aromatic carbocycles. The molecule has 1 atom stereocenters. The third-order valence-electron chi connectivity index (χ3n) is 4.45. The van der Waals surface area contributed by atoms with Crippen molar-refractivity contribution in [1.82, 2.24) is 10.6 Å². The molecule has 3 rings (SSSR count). The second kappa shape index (κ2) is 8.75. The van der Waals surface area contributed by atoms with Crippen molar-refractivity contribution < 1.29 is 19.0 Å². The first-order valence-corrected chi connectivity index (χ1v) is 9.15. The number of carbonyl (C=O) groups is 1. The minimum atomic E-state index is -0.502. The number of hydrogen-bond acceptors (Lipinski definition) is 5. The summed E-state index contributed by atoms with van der Waals surface area (Å²) in [5.74, 6) is 0.820. The van der Waals surface area contributed by atoms with Crippen LogP contribution in [0.25, 0.3) is 0 Å². The third kappa shape index (κ3) is 4.26. The van der Waals surface area contributed by atoms with Crippen molar-refractivity contribution in [2.24, 2.45) is 0 Å². The molecule has 0 amide bonds. The molecule has 0 radical (unpaired) electrons. The summed E-state index contributed by atoms with van der Waals surface area (Å²) < 4.78 is 16.3. The lowest BCUT2D eigenvalue weighted by molar-refractivity contribution is -0.140. The van der Waals surface area contributed by atoms with Gasteiger partial charge in [0.05, 0.1) is 25.8 Å². The summed E-state index contributed by atoms with van der Waals surface area (Å²) in [7, 11) is 3.16. The Morgan fingerprint density at radius 1 is 1.11 bits per heavy atom. The molecule has 6 nitrogen and oxygen atoms in total. The quantitative estimate of drug-likeness (QED) is 0.572. The van der Waals surface area contributed by atoms with E-state index in [4.69, 9.17) is 26.4 Å². The standard InChI is InChI=1S/C21H22N2O4S/c1-13-18(20(24)27-12-14-7-5-4-6-8-14)19(23-21(28)22-13)16-10-9-15(25-2)11-17(16)26-3/h4-11,19H,12H2,1-3H3,(H2,22,23,28). The predicted molar refractivity (Wildman–Crippen MR) is 110 cm³/mol. The van der Waals surface area contributed by atoms with Gasteiger partial charge >= 0.3 is 5.97 Å². The molecule has 0 saturated heterocycles. The molecule has 7 heteroatoms. The van der Waals surface area contributed by atoms with Crippen LogP contribution in [0.3, 0.4) is 0 Å². The number of esters is 1. The van der Waals surface area contributed by atoms with Gasteiger partial charge in [-0.1, -0.05) is 30.3 Å². The number of allylic oxidation sites excluding steroid dienone is 1. The molecule has 1 aliphatic rings. The van der Waals surface area contributed by atoms with Crippen LogP contribution in [0.4, 0.5) is 0 Å². The molecular weight excluding hydrogens is 376 g/mol. The van der Waals surface area contributed by atoms with Crippen molar-refractivity contribution in [3.05, 3.63) is 70.9 Å². The SMILES string of the molecule is COc1ccc(C2NC(=S)NC(C)=C2C(=O)OCc2ccccc2)c(OC)c1. The molecule has 2 N–H and O–H groups in total. The van der Waals surface area contributed by atoms with Gasteiger partial charge in [0.15, 0.2) is 5.11 Å². The number of ether oxygens (including phenoxy) is 3. The van der Waals surface area contributed by atoms with Crippen molar-refractivity contribution in [3.8, 4) is 11.5 Å². The van der Waals surface area contributed by atoms with Crippen LogP contribution in [0.2, 0.25) is 0 Å². The fourth-order valence-corrected chi connectivity index (χ4v) is 3.33. The number of thiocarbonyl (C=S) groups is 1. The summed E-state index contributed by atoms with van der Waals surface area (Å²) in [5.41, 5.74) is 2.77. The Labute approximate surface area is 169 Å². The highest BCUT2D eigenvalue weighted by atomic mass is 32.1. The molecule has 0 spiro atoms. The number of hydrogen-bond donors (Lipinski definition) is 2. The molecule has 1 heterocycles. The topological polar surface area (TPSA) is 68.8 Å². The molecule has 0 aliphatic carbocycles. The van der Waals surface area contributed by atoms with Gasteiger partial charge in [0.1, 0.15) is 18.1 Å². The van der Waals surface area contributed by atoms with Gasteiger partial charge in [-0.05, 0) is 36.8 Å². The van der Waals surface area contributed by atoms with E-state index in [1.165, 1.54) is 0 Å². The Hall–Kier alpha value is -3.06. The smallest absolute Gasteiger partial charge is 0.338 e. The molecule has 0 aromatic heterocycles. The molecule has 1 unspecified atom stereocenters. The van der Waals surface area contributed by atoms with Gasteiger partial charge in [-0.25, -0.2) is 4.79 Å². The summed E-state index contributed by atoms with van der Waals surface area (Å²) in [6.45, 7) is 1.99. The van der Waals surface area contributed by atoms with Crippen LogP contribution >= 0.6 is 12.2 Å². The number of carbonyl (C=O) groups excluding carboxylic acids is 1. The second-order valence-electron chi connectivity index (χ2n) is 6.24. The Morgan fingerprint density at radius 2 is 1.86 bits per heavy atom. The van der Waals surface area contributed by atoms with Gasteiger partial charge in [-0.15, -0.1) is 0 Å². The van der Waals surface area contributed by atoms with E-state index in [0.717, 1.165) is 11.1 Å². The van der Waals surface area contributed by atoms with E-state index in [2.05, 4.69) is 10.6 Å². The van der Waals surface area contributed by atoms with E-state index < -0.39 is 12.0 Å². The Balaban J connectivity index is 1.91. The first kappa shape index (κ1) is 19.7. The lowest BCUT2D eigenvalue weighted by atomic mass is 9.94. The molecular formula is C21H22N2O4S. The van der Waals surface area contributed by atoms with Crippen molar-refractivity contribution >= 4 is 23.3 Å². The zero-order valence-electron chi connectivity index (χ0n) is 15.9. The number of benzene rings is 2. The molecule has 2 aromatic rings. The maximum Gasteiger partial charge on any atom is 0.338 e. The first-order chi connectivity index (χ1) is 13.5. The maximum atomic E-state index is 12.9. The second-order valence-corrected chi connectivity index (χ2v) is 6.65. The average Bonchev–Trinajstić information content (AvgIpc) is 2.71. The summed E-state index contributed by atoms with van der Waals surface area (Å²) >= 11 is 5.29. The van der Waals surface area contributed by atoms with Crippen LogP contribution in [-0.2, 0) is 16.1 Å². The van der Waals surface area contributed by atoms with E-state index in [9.17, 15) is 4.79 Å². The highest BCUT2D eigenvalue weighted by molar-refractivity contribution is 7.80. The average molecular weight is 398 g/mol. The molecule has 1 aliphatic heterocycles. The van der Waals surface area contributed by atoms with Gasteiger partial charge in [0.2, 0.25) is 0 Å². The van der Waals surface area contributed by atoms with Crippen LogP contribution in [0.5, 0.6) is 11.5 Å². The van der Waals surface area contributed by atoms with Gasteiger partial charge in [-0.2, -0.15) is 0 Å². The van der Waals surface area contributed by atoms with E-state index in [1.807, 2.05) is 42.5 Å². The van der Waals surface area contributed by atoms with Crippen molar-refractivity contribution in [3.63, 3.8) is 0 Å². The molecule has 0 saturated carbocycles. The minimum absolute atomic E-state index is 0.188. The minimum Gasteiger partial charge on any atom is -0.497 e. The van der Waals surface area contributed by atoms with Crippen LogP contribution < -0.4 is 20.1 Å². The highest BCUT2D eigenvalue weighted by Crippen LogP contribution is 2.35. The van der Waals surface area contributed by atoms with Crippen molar-refractivity contribution in [2.45, 2.75) is 19.6 Å². The van der Waals surface area contributed by atoms with Gasteiger partial charge in [-0.3, -0.25) is 0 Å². The first-order valence-electron chi connectivity index (χ1n) is 8.74. The Morgan fingerprint density at radius 3 is 2.54 bits per heavy atom. The molecule has 0 bridgehead atoms. The lowest BCUT2D eigenvalue weighted by Crippen LogP contribution is -2.45. The zero-order chi connectivity index (χ0) is 20.1. The van der Waals surface area contributed by atoms with E-state index in [-0.39, 0.29) is 6.61 Å². The van der Waals surface area contributed by atoms with Crippen molar-refractivity contribution in [2.75, 3.05) is 14.2 Å². The fraction of sp³-hybridized carbons (Fsp3) is 0.238. The van der Waals surface area contributed by atoms with Crippen LogP contribution in [0.1, 0.15) is 24.1 Å². The number of rotatable bonds is 6. The van der Waals surface area contributed by atoms with Crippen LogP contribution in [0, 0.1) is 0 Å². The predicted octanol–water partition coefficient (Wildman–Crippen LogP) is 3.24. The Kier molecular flexibility index (Phi) is 6.16. The lowest BCUT2D eigenvalue weighted by Gasteiger charge is -2.30. The molecule has 0 fully saturated rings. The summed E-state index contributed by atoms with van der Waals surface area (Å²) in [5, 5.41) is 6.58. The van der Waals surface area contributed by atoms with Gasteiger partial charge < -0.3 is 24.8 Å². The zero-order valence-corrected chi connectivity index (χ0v) is 16.8. The number of nitrogens with one attached hydrogen (secondary N) is 2. The monoisotopic (exact) mass is 398 g/mol. The summed E-state index contributed by atoms with van der Waals surface area (Å²) in [6.07, 6.45) is 0. The van der Waals surface area contributed by atoms with E-state index in [1.54, 1.807) is 27.2 Å². The molecule has 146 valence electrons. The van der Waals surface area contributed by atoms with E-state index in [0.29, 0.717) is 27.9 Å². The van der Waals surface area contributed by atoms with Crippen LogP contribution in [-0.4, -0.2) is 25.3 Å². The summed E-state index contributed by atoms with van der Waals surface area (Å²) in [6, 6.07) is 14.5. The van der Waals surface area contributed by atoms with Crippen molar-refractivity contribution in [1.29, 1.82) is 0 Å². The van der Waals surface area contributed by atoms with Gasteiger partial charge in [0, 0.05) is 17.3 Å². The third-order valence-corrected chi connectivity index (χ3v) is 4.67. The Bertz CT molecular complexity index is 912. The summed E-state index contributed by atoms with van der Waals surface area (Å²) in [4.78, 5) is 12.9. The number of methoxy groups -OCH3 is 2. The van der Waals surface area contributed by atoms with E-state index >= 15 is 0 Å². The largest absolute Gasteiger partial charge is 0.497 e.